The molecule has 0 aliphatic heterocycles. The molecule has 0 N–H and O–H groups in total. The van der Waals surface area contributed by atoms with Gasteiger partial charge in [-0.2, -0.15) is 0 Å². The number of aromatic nitrogens is 2. The minimum atomic E-state index is 0.150. The number of benzene rings is 1. The zero-order chi connectivity index (χ0) is 24.8. The van der Waals surface area contributed by atoms with E-state index in [1.807, 2.05) is 23.2 Å². The fourth-order valence-corrected chi connectivity index (χ4v) is 5.32. The molecule has 0 saturated heterocycles. The van der Waals surface area contributed by atoms with Crippen molar-refractivity contribution in [2.75, 3.05) is 0 Å². The second-order valence-electron chi connectivity index (χ2n) is 9.94. The molecule has 0 saturated carbocycles. The van der Waals surface area contributed by atoms with E-state index in [0.29, 0.717) is 0 Å². The lowest BCUT2D eigenvalue weighted by atomic mass is 9.91. The summed E-state index contributed by atoms with van der Waals surface area (Å²) in [7, 11) is 3.84. The van der Waals surface area contributed by atoms with Crippen LogP contribution in [0.3, 0.4) is 0 Å². The molecule has 0 fully saturated rings. The van der Waals surface area contributed by atoms with Gasteiger partial charge in [-0.1, -0.05) is 53.4 Å². The van der Waals surface area contributed by atoms with Crippen molar-refractivity contribution >= 4 is 21.8 Å². The highest BCUT2D eigenvalue weighted by Gasteiger charge is 2.20. The van der Waals surface area contributed by atoms with Gasteiger partial charge in [0.2, 0.25) is 0 Å². The van der Waals surface area contributed by atoms with E-state index in [2.05, 4.69) is 39.8 Å². The van der Waals surface area contributed by atoms with Crippen LogP contribution in [-0.2, 0) is 39.8 Å². The predicted octanol–water partition coefficient (Wildman–Crippen LogP) is 6.76. The number of hydrogen-bond acceptors (Lipinski definition) is 2. The Balaban J connectivity index is 2.44. The summed E-state index contributed by atoms with van der Waals surface area (Å²) in [4.78, 5) is 27.0. The van der Waals surface area contributed by atoms with Gasteiger partial charge in [-0.25, -0.2) is 0 Å². The Kier molecular flexibility index (Phi) is 9.16. The van der Waals surface area contributed by atoms with Gasteiger partial charge >= 0.3 is 0 Å². The van der Waals surface area contributed by atoms with E-state index in [9.17, 15) is 9.59 Å². The summed E-state index contributed by atoms with van der Waals surface area (Å²) >= 11 is 0. The number of hydrogen-bond donors (Lipinski definition) is 0. The molecule has 4 heteroatoms. The molecule has 2 heterocycles. The number of aryl methyl sites for hydroxylation is 4. The maximum Gasteiger partial charge on any atom is 0.254 e. The van der Waals surface area contributed by atoms with Gasteiger partial charge in [-0.05, 0) is 74.6 Å². The third-order valence-electron chi connectivity index (χ3n) is 7.46. The molecule has 0 amide bonds. The average molecular weight is 465 g/mol. The number of rotatable bonds is 12. The fraction of sp³-hybridized carbons (Fsp3) is 0.600. The Bertz CT molecular complexity index is 1160. The lowest BCUT2D eigenvalue weighted by molar-refractivity contribution is 0.738. The SMILES string of the molecule is CCCCc1c(CCCC)c2cc3c(cc2n(C)c1=O)c(CCCC)c(CCCC)c(=O)n3C. The molecule has 34 heavy (non-hydrogen) atoms. The molecule has 3 rings (SSSR count). The Labute approximate surface area is 205 Å². The minimum Gasteiger partial charge on any atom is -0.311 e. The first-order valence-electron chi connectivity index (χ1n) is 13.6. The topological polar surface area (TPSA) is 44.0 Å². The standard InChI is InChI=1S/C30H44N2O2/c1-7-11-15-21-23(17-13-9-3)29(33)31(5)27-20-26-22(16-12-8-2)24(18-14-10-4)30(34)32(6)28(26)19-25(21)27/h19-20H,7-18H2,1-6H3. The van der Waals surface area contributed by atoms with Gasteiger partial charge in [-0.15, -0.1) is 0 Å². The van der Waals surface area contributed by atoms with Crippen LogP contribution in [0.1, 0.15) is 101 Å². The Morgan fingerprint density at radius 1 is 0.529 bits per heavy atom. The first-order chi connectivity index (χ1) is 16.4. The van der Waals surface area contributed by atoms with Crippen LogP contribution in [0.5, 0.6) is 0 Å². The van der Waals surface area contributed by atoms with Gasteiger partial charge in [0, 0.05) is 36.0 Å². The van der Waals surface area contributed by atoms with Crippen LogP contribution in [0.25, 0.3) is 21.8 Å². The van der Waals surface area contributed by atoms with Gasteiger partial charge in [0.1, 0.15) is 0 Å². The molecule has 4 nitrogen and oxygen atoms in total. The van der Waals surface area contributed by atoms with Crippen molar-refractivity contribution in [3.8, 4) is 0 Å². The first-order valence-corrected chi connectivity index (χ1v) is 13.6. The molecule has 1 aromatic carbocycles. The summed E-state index contributed by atoms with van der Waals surface area (Å²) in [6.07, 6.45) is 12.0. The van der Waals surface area contributed by atoms with E-state index in [1.165, 1.54) is 11.1 Å². The number of fused-ring (bicyclic) bond motifs is 2. The lowest BCUT2D eigenvalue weighted by Gasteiger charge is -2.20. The third-order valence-corrected chi connectivity index (χ3v) is 7.46. The molecule has 186 valence electrons. The van der Waals surface area contributed by atoms with E-state index in [1.54, 1.807) is 0 Å². The molecule has 0 radical (unpaired) electrons. The Morgan fingerprint density at radius 3 is 1.12 bits per heavy atom. The van der Waals surface area contributed by atoms with E-state index in [4.69, 9.17) is 0 Å². The van der Waals surface area contributed by atoms with Crippen molar-refractivity contribution in [1.29, 1.82) is 0 Å². The summed E-state index contributed by atoms with van der Waals surface area (Å²) in [6.45, 7) is 8.75. The van der Waals surface area contributed by atoms with Gasteiger partial charge in [0.05, 0.1) is 11.0 Å². The molecule has 0 unspecified atom stereocenters. The van der Waals surface area contributed by atoms with Crippen LogP contribution in [0, 0.1) is 0 Å². The summed E-state index contributed by atoms with van der Waals surface area (Å²) in [5.41, 5.74) is 6.65. The quantitative estimate of drug-likeness (QED) is 0.278. The van der Waals surface area contributed by atoms with Crippen molar-refractivity contribution in [2.45, 2.75) is 105 Å². The van der Waals surface area contributed by atoms with Crippen LogP contribution in [0.4, 0.5) is 0 Å². The number of unbranched alkanes of at least 4 members (excludes halogenated alkanes) is 4. The van der Waals surface area contributed by atoms with Crippen LogP contribution < -0.4 is 11.1 Å². The first kappa shape index (κ1) is 26.2. The molecular weight excluding hydrogens is 420 g/mol. The zero-order valence-electron chi connectivity index (χ0n) is 22.4. The zero-order valence-corrected chi connectivity index (χ0v) is 22.4. The van der Waals surface area contributed by atoms with Crippen LogP contribution in [-0.4, -0.2) is 9.13 Å². The summed E-state index contributed by atoms with van der Waals surface area (Å²) in [5, 5.41) is 2.29. The maximum atomic E-state index is 13.5. The van der Waals surface area contributed by atoms with Crippen molar-refractivity contribution in [3.63, 3.8) is 0 Å². The molecular formula is C30H44N2O2. The van der Waals surface area contributed by atoms with Crippen molar-refractivity contribution < 1.29 is 0 Å². The highest BCUT2D eigenvalue weighted by atomic mass is 16.1. The van der Waals surface area contributed by atoms with Crippen LogP contribution in [0.15, 0.2) is 21.7 Å². The van der Waals surface area contributed by atoms with Gasteiger partial charge in [0.25, 0.3) is 11.1 Å². The molecule has 0 aliphatic carbocycles. The van der Waals surface area contributed by atoms with E-state index < -0.39 is 0 Å². The van der Waals surface area contributed by atoms with Gasteiger partial charge < -0.3 is 9.13 Å². The molecule has 0 atom stereocenters. The monoisotopic (exact) mass is 464 g/mol. The molecule has 2 aromatic heterocycles. The largest absolute Gasteiger partial charge is 0.311 e. The number of nitrogens with zero attached hydrogens (tertiary/aromatic N) is 2. The van der Waals surface area contributed by atoms with E-state index in [0.717, 1.165) is 110 Å². The highest BCUT2D eigenvalue weighted by Crippen LogP contribution is 2.31. The Hall–Kier alpha value is -2.36. The second kappa shape index (κ2) is 11.9. The van der Waals surface area contributed by atoms with Crippen molar-refractivity contribution in [3.05, 3.63) is 55.1 Å². The van der Waals surface area contributed by atoms with Gasteiger partial charge in [0.15, 0.2) is 0 Å². The maximum absolute atomic E-state index is 13.5. The average Bonchev–Trinajstić information content (AvgIpc) is 2.84. The smallest absolute Gasteiger partial charge is 0.254 e. The Morgan fingerprint density at radius 2 is 0.824 bits per heavy atom. The van der Waals surface area contributed by atoms with Crippen LogP contribution >= 0.6 is 0 Å². The third kappa shape index (κ3) is 5.01. The van der Waals surface area contributed by atoms with Gasteiger partial charge in [-0.3, -0.25) is 9.59 Å². The van der Waals surface area contributed by atoms with E-state index >= 15 is 0 Å². The van der Waals surface area contributed by atoms with Crippen molar-refractivity contribution in [1.82, 2.24) is 9.13 Å². The molecule has 0 bridgehead atoms. The second-order valence-corrected chi connectivity index (χ2v) is 9.94. The summed E-state index contributed by atoms with van der Waals surface area (Å²) < 4.78 is 3.71. The minimum absolute atomic E-state index is 0.150. The normalized spacial score (nSPS) is 11.7. The molecule has 3 aromatic rings. The number of pyridine rings is 2. The van der Waals surface area contributed by atoms with Crippen LogP contribution in [0.2, 0.25) is 0 Å². The van der Waals surface area contributed by atoms with E-state index in [-0.39, 0.29) is 11.1 Å². The van der Waals surface area contributed by atoms with Crippen molar-refractivity contribution in [2.24, 2.45) is 14.1 Å². The summed E-state index contributed by atoms with van der Waals surface area (Å²) in [6, 6.07) is 4.43. The molecule has 0 aliphatic rings. The summed E-state index contributed by atoms with van der Waals surface area (Å²) in [5.74, 6) is 0. The molecule has 0 spiro atoms. The predicted molar refractivity (Wildman–Crippen MR) is 146 cm³/mol. The fourth-order valence-electron chi connectivity index (χ4n) is 5.32. The lowest BCUT2D eigenvalue weighted by Crippen LogP contribution is -2.26. The highest BCUT2D eigenvalue weighted by molar-refractivity contribution is 5.98.